The van der Waals surface area contributed by atoms with Crippen molar-refractivity contribution in [2.75, 3.05) is 13.2 Å². The van der Waals surface area contributed by atoms with Gasteiger partial charge in [0.1, 0.15) is 0 Å². The summed E-state index contributed by atoms with van der Waals surface area (Å²) < 4.78 is 5.73. The third-order valence-corrected chi connectivity index (χ3v) is 4.14. The molecule has 1 amide bonds. The van der Waals surface area contributed by atoms with Gasteiger partial charge in [0.25, 0.3) is 0 Å². The van der Waals surface area contributed by atoms with E-state index in [-0.39, 0.29) is 36.6 Å². The fraction of sp³-hybridized carbons (Fsp3) is 0.923. The van der Waals surface area contributed by atoms with E-state index in [2.05, 4.69) is 6.92 Å². The van der Waals surface area contributed by atoms with E-state index in [1.807, 2.05) is 18.7 Å². The summed E-state index contributed by atoms with van der Waals surface area (Å²) in [4.78, 5) is 14.4. The van der Waals surface area contributed by atoms with Crippen molar-refractivity contribution >= 4 is 5.91 Å². The van der Waals surface area contributed by atoms with Crippen LogP contribution in [-0.4, -0.2) is 47.3 Å². The molecule has 1 aliphatic carbocycles. The van der Waals surface area contributed by atoms with Crippen molar-refractivity contribution in [1.29, 1.82) is 0 Å². The summed E-state index contributed by atoms with van der Waals surface area (Å²) in [6, 6.07) is 0.366. The SMILES string of the molecule is CC1OC(C)C(C(=O)N(CCO)C2CC2)C1C. The Morgan fingerprint density at radius 1 is 1.29 bits per heavy atom. The van der Waals surface area contributed by atoms with E-state index in [4.69, 9.17) is 9.84 Å². The van der Waals surface area contributed by atoms with E-state index in [0.717, 1.165) is 12.8 Å². The number of ether oxygens (including phenoxy) is 1. The van der Waals surface area contributed by atoms with Crippen molar-refractivity contribution < 1.29 is 14.6 Å². The van der Waals surface area contributed by atoms with Gasteiger partial charge in [0.15, 0.2) is 0 Å². The smallest absolute Gasteiger partial charge is 0.228 e. The number of nitrogens with zero attached hydrogens (tertiary/aromatic N) is 1. The van der Waals surface area contributed by atoms with Gasteiger partial charge in [0.2, 0.25) is 5.91 Å². The highest BCUT2D eigenvalue weighted by Crippen LogP contribution is 2.36. The average molecular weight is 241 g/mol. The zero-order chi connectivity index (χ0) is 12.6. The zero-order valence-corrected chi connectivity index (χ0v) is 10.9. The third-order valence-electron chi connectivity index (χ3n) is 4.14. The van der Waals surface area contributed by atoms with Crippen molar-refractivity contribution in [3.05, 3.63) is 0 Å². The van der Waals surface area contributed by atoms with Gasteiger partial charge >= 0.3 is 0 Å². The van der Waals surface area contributed by atoms with Crippen LogP contribution in [0.5, 0.6) is 0 Å². The topological polar surface area (TPSA) is 49.8 Å². The van der Waals surface area contributed by atoms with Crippen molar-refractivity contribution in [3.8, 4) is 0 Å². The Balaban J connectivity index is 2.06. The predicted molar refractivity (Wildman–Crippen MR) is 64.5 cm³/mol. The van der Waals surface area contributed by atoms with E-state index in [9.17, 15) is 4.79 Å². The first kappa shape index (κ1) is 12.8. The summed E-state index contributed by atoms with van der Waals surface area (Å²) in [5.74, 6) is 0.389. The zero-order valence-electron chi connectivity index (χ0n) is 10.9. The molecule has 98 valence electrons. The lowest BCUT2D eigenvalue weighted by Gasteiger charge is -2.28. The van der Waals surface area contributed by atoms with E-state index in [1.54, 1.807) is 0 Å². The Morgan fingerprint density at radius 2 is 1.94 bits per heavy atom. The maximum Gasteiger partial charge on any atom is 0.228 e. The molecule has 2 rings (SSSR count). The molecule has 1 heterocycles. The van der Waals surface area contributed by atoms with Gasteiger partial charge in [-0.2, -0.15) is 0 Å². The van der Waals surface area contributed by atoms with Crippen LogP contribution in [0.25, 0.3) is 0 Å². The highest BCUT2D eigenvalue weighted by molar-refractivity contribution is 5.80. The Hall–Kier alpha value is -0.610. The van der Waals surface area contributed by atoms with E-state index >= 15 is 0 Å². The van der Waals surface area contributed by atoms with Crippen LogP contribution in [0.4, 0.5) is 0 Å². The molecule has 2 fully saturated rings. The van der Waals surface area contributed by atoms with Gasteiger partial charge in [-0.1, -0.05) is 6.92 Å². The van der Waals surface area contributed by atoms with Gasteiger partial charge in [0, 0.05) is 12.6 Å². The first-order chi connectivity index (χ1) is 8.06. The van der Waals surface area contributed by atoms with Crippen LogP contribution in [-0.2, 0) is 9.53 Å². The number of carbonyl (C=O) groups is 1. The molecule has 2 aliphatic rings. The van der Waals surface area contributed by atoms with Crippen molar-refractivity contribution in [3.63, 3.8) is 0 Å². The summed E-state index contributed by atoms with van der Waals surface area (Å²) >= 11 is 0. The summed E-state index contributed by atoms with van der Waals surface area (Å²) in [7, 11) is 0. The molecule has 0 aromatic carbocycles. The lowest BCUT2D eigenvalue weighted by atomic mass is 9.88. The molecule has 0 spiro atoms. The maximum absolute atomic E-state index is 12.5. The van der Waals surface area contributed by atoms with E-state index < -0.39 is 0 Å². The third kappa shape index (κ3) is 2.47. The summed E-state index contributed by atoms with van der Waals surface area (Å²) in [5, 5.41) is 9.06. The number of aliphatic hydroxyl groups excluding tert-OH is 1. The molecule has 0 aromatic rings. The molecule has 1 aliphatic heterocycles. The number of hydrogen-bond donors (Lipinski definition) is 1. The first-order valence-electron chi connectivity index (χ1n) is 6.63. The minimum Gasteiger partial charge on any atom is -0.395 e. The molecule has 4 atom stereocenters. The molecule has 1 saturated carbocycles. The number of carbonyl (C=O) groups excluding carboxylic acids is 1. The molecule has 0 radical (unpaired) electrons. The molecule has 1 saturated heterocycles. The summed E-state index contributed by atoms with van der Waals surface area (Å²) in [6.07, 6.45) is 2.30. The minimum atomic E-state index is -0.0443. The van der Waals surface area contributed by atoms with Crippen molar-refractivity contribution in [1.82, 2.24) is 4.90 Å². The van der Waals surface area contributed by atoms with Crippen LogP contribution in [0.3, 0.4) is 0 Å². The second-order valence-corrected chi connectivity index (χ2v) is 5.42. The van der Waals surface area contributed by atoms with Gasteiger partial charge in [-0.25, -0.2) is 0 Å². The monoisotopic (exact) mass is 241 g/mol. The fourth-order valence-corrected chi connectivity index (χ4v) is 2.85. The molecule has 4 nitrogen and oxygen atoms in total. The van der Waals surface area contributed by atoms with Gasteiger partial charge in [-0.05, 0) is 32.6 Å². The van der Waals surface area contributed by atoms with E-state index in [0.29, 0.717) is 12.6 Å². The Labute approximate surface area is 103 Å². The summed E-state index contributed by atoms with van der Waals surface area (Å²) in [6.45, 7) is 6.61. The van der Waals surface area contributed by atoms with Gasteiger partial charge in [-0.3, -0.25) is 4.79 Å². The van der Waals surface area contributed by atoms with Crippen molar-refractivity contribution in [2.45, 2.75) is 51.9 Å². The highest BCUT2D eigenvalue weighted by atomic mass is 16.5. The van der Waals surface area contributed by atoms with Crippen LogP contribution in [0.15, 0.2) is 0 Å². The van der Waals surface area contributed by atoms with Crippen molar-refractivity contribution in [2.24, 2.45) is 11.8 Å². The molecular weight excluding hydrogens is 218 g/mol. The van der Waals surface area contributed by atoms with Crippen LogP contribution in [0, 0.1) is 11.8 Å². The molecule has 17 heavy (non-hydrogen) atoms. The lowest BCUT2D eigenvalue weighted by molar-refractivity contribution is -0.139. The molecule has 0 aromatic heterocycles. The Bertz CT molecular complexity index is 290. The standard InChI is InChI=1S/C13H23NO3/c1-8-9(2)17-10(3)12(8)13(16)14(6-7-15)11-4-5-11/h8-12,15H,4-7H2,1-3H3. The minimum absolute atomic E-state index is 0.00700. The largest absolute Gasteiger partial charge is 0.395 e. The molecule has 4 unspecified atom stereocenters. The number of rotatable bonds is 4. The van der Waals surface area contributed by atoms with Crippen LogP contribution in [0.2, 0.25) is 0 Å². The summed E-state index contributed by atoms with van der Waals surface area (Å²) in [5.41, 5.74) is 0. The average Bonchev–Trinajstić information content (AvgIpc) is 3.05. The highest BCUT2D eigenvalue weighted by Gasteiger charge is 2.45. The number of hydrogen-bond acceptors (Lipinski definition) is 3. The Morgan fingerprint density at radius 3 is 2.35 bits per heavy atom. The molecule has 4 heteroatoms. The van der Waals surface area contributed by atoms with Crippen LogP contribution >= 0.6 is 0 Å². The second-order valence-electron chi connectivity index (χ2n) is 5.42. The number of amides is 1. The normalized spacial score (nSPS) is 37.2. The lowest BCUT2D eigenvalue weighted by Crippen LogP contribution is -2.43. The fourth-order valence-electron chi connectivity index (χ4n) is 2.85. The van der Waals surface area contributed by atoms with Gasteiger partial charge in [0.05, 0.1) is 24.7 Å². The van der Waals surface area contributed by atoms with Crippen LogP contribution < -0.4 is 0 Å². The molecule has 0 bridgehead atoms. The number of aliphatic hydroxyl groups is 1. The Kier molecular flexibility index (Phi) is 3.73. The van der Waals surface area contributed by atoms with E-state index in [1.165, 1.54) is 0 Å². The quantitative estimate of drug-likeness (QED) is 0.799. The second kappa shape index (κ2) is 4.94. The predicted octanol–water partition coefficient (Wildman–Crippen LogP) is 1.03. The maximum atomic E-state index is 12.5. The van der Waals surface area contributed by atoms with Gasteiger partial charge in [-0.15, -0.1) is 0 Å². The molecular formula is C13H23NO3. The molecule has 1 N–H and O–H groups in total. The van der Waals surface area contributed by atoms with Crippen LogP contribution in [0.1, 0.15) is 33.6 Å². The van der Waals surface area contributed by atoms with Gasteiger partial charge < -0.3 is 14.7 Å². The first-order valence-corrected chi connectivity index (χ1v) is 6.63.